The average molecular weight is 504 g/mol. The SMILES string of the molecule is CCC(C)c1ccc(N2Cc3ccccc3C2=NC(=O)c2ccc(S(=O)(=O)N(CC)CC)cc2)cc1. The maximum atomic E-state index is 13.2. The first-order valence-corrected chi connectivity index (χ1v) is 13.9. The van der Waals surface area contributed by atoms with Crippen LogP contribution >= 0.6 is 0 Å². The van der Waals surface area contributed by atoms with Gasteiger partial charge in [0, 0.05) is 29.9 Å². The number of nitrogens with zero attached hydrogens (tertiary/aromatic N) is 3. The van der Waals surface area contributed by atoms with Crippen LogP contribution in [0.15, 0.2) is 82.7 Å². The third-order valence-corrected chi connectivity index (χ3v) is 8.94. The Bertz CT molecular complexity index is 1360. The van der Waals surface area contributed by atoms with Gasteiger partial charge in [0.25, 0.3) is 5.91 Å². The van der Waals surface area contributed by atoms with Crippen molar-refractivity contribution in [1.82, 2.24) is 4.31 Å². The number of carbonyl (C=O) groups is 1. The van der Waals surface area contributed by atoms with E-state index in [1.807, 2.05) is 18.2 Å². The summed E-state index contributed by atoms with van der Waals surface area (Å²) in [4.78, 5) is 20.0. The Hall–Kier alpha value is -3.29. The number of anilines is 1. The first-order valence-electron chi connectivity index (χ1n) is 12.5. The summed E-state index contributed by atoms with van der Waals surface area (Å²) in [6.07, 6.45) is 1.07. The van der Waals surface area contributed by atoms with Crippen LogP contribution in [0.5, 0.6) is 0 Å². The van der Waals surface area contributed by atoms with E-state index in [0.717, 1.165) is 23.2 Å². The normalized spacial score (nSPS) is 15.4. The molecular weight excluding hydrogens is 470 g/mol. The minimum atomic E-state index is -3.58. The largest absolute Gasteiger partial charge is 0.321 e. The van der Waals surface area contributed by atoms with E-state index >= 15 is 0 Å². The standard InChI is InChI=1S/C29H33N3O3S/c1-5-21(4)22-12-16-25(17-13-22)32-20-24-10-8-9-11-27(24)28(32)30-29(33)23-14-18-26(19-15-23)36(34,35)31(6-2)7-3/h8-19,21H,5-7,20H2,1-4H3. The first-order chi connectivity index (χ1) is 17.3. The second-order valence-electron chi connectivity index (χ2n) is 9.00. The second-order valence-corrected chi connectivity index (χ2v) is 10.9. The Balaban J connectivity index is 1.66. The van der Waals surface area contributed by atoms with Gasteiger partial charge in [-0.1, -0.05) is 64.1 Å². The topological polar surface area (TPSA) is 70.0 Å². The van der Waals surface area contributed by atoms with E-state index in [4.69, 9.17) is 0 Å². The number of fused-ring (bicyclic) bond motifs is 1. The summed E-state index contributed by atoms with van der Waals surface area (Å²) in [5.74, 6) is 0.680. The van der Waals surface area contributed by atoms with Crippen LogP contribution in [0.4, 0.5) is 5.69 Å². The smallest absolute Gasteiger partial charge is 0.278 e. The fourth-order valence-electron chi connectivity index (χ4n) is 4.46. The molecule has 0 aliphatic carbocycles. The zero-order valence-electron chi connectivity index (χ0n) is 21.3. The molecule has 1 heterocycles. The maximum Gasteiger partial charge on any atom is 0.278 e. The predicted octanol–water partition coefficient (Wildman–Crippen LogP) is 5.84. The van der Waals surface area contributed by atoms with Gasteiger partial charge in [-0.2, -0.15) is 9.30 Å². The van der Waals surface area contributed by atoms with Crippen LogP contribution in [0.3, 0.4) is 0 Å². The number of amides is 1. The van der Waals surface area contributed by atoms with Crippen molar-refractivity contribution in [2.45, 2.75) is 51.5 Å². The fraction of sp³-hybridized carbons (Fsp3) is 0.310. The number of sulfonamides is 1. The van der Waals surface area contributed by atoms with Gasteiger partial charge < -0.3 is 4.90 Å². The zero-order valence-corrected chi connectivity index (χ0v) is 22.1. The quantitative estimate of drug-likeness (QED) is 0.387. The lowest BCUT2D eigenvalue weighted by Crippen LogP contribution is -2.30. The molecule has 1 atom stereocenters. The van der Waals surface area contributed by atoms with E-state index in [1.54, 1.807) is 13.8 Å². The maximum absolute atomic E-state index is 13.2. The highest BCUT2D eigenvalue weighted by Gasteiger charge is 2.28. The molecule has 3 aromatic rings. The van der Waals surface area contributed by atoms with Crippen LogP contribution in [0.25, 0.3) is 0 Å². The number of rotatable bonds is 8. The minimum Gasteiger partial charge on any atom is -0.321 e. The number of aliphatic imine (C=N–C) groups is 1. The Kier molecular flexibility index (Phi) is 7.71. The summed E-state index contributed by atoms with van der Waals surface area (Å²) >= 11 is 0. The average Bonchev–Trinajstić information content (AvgIpc) is 3.27. The van der Waals surface area contributed by atoms with Crippen molar-refractivity contribution in [1.29, 1.82) is 0 Å². The monoisotopic (exact) mass is 503 g/mol. The lowest BCUT2D eigenvalue weighted by molar-refractivity contribution is 0.100. The highest BCUT2D eigenvalue weighted by atomic mass is 32.2. The van der Waals surface area contributed by atoms with Crippen molar-refractivity contribution in [3.05, 3.63) is 95.1 Å². The number of hydrogen-bond acceptors (Lipinski definition) is 3. The lowest BCUT2D eigenvalue weighted by Gasteiger charge is -2.20. The molecule has 4 rings (SSSR count). The van der Waals surface area contributed by atoms with Crippen LogP contribution in [-0.4, -0.2) is 37.6 Å². The summed E-state index contributed by atoms with van der Waals surface area (Å²) in [5.41, 5.74) is 4.64. The van der Waals surface area contributed by atoms with Gasteiger partial charge >= 0.3 is 0 Å². The van der Waals surface area contributed by atoms with E-state index in [9.17, 15) is 13.2 Å². The van der Waals surface area contributed by atoms with Gasteiger partial charge in [-0.3, -0.25) is 4.79 Å². The van der Waals surface area contributed by atoms with Gasteiger partial charge in [-0.05, 0) is 59.9 Å². The molecule has 1 amide bonds. The highest BCUT2D eigenvalue weighted by molar-refractivity contribution is 7.89. The van der Waals surface area contributed by atoms with E-state index in [-0.39, 0.29) is 4.90 Å². The Morgan fingerprint density at radius 3 is 2.19 bits per heavy atom. The minimum absolute atomic E-state index is 0.171. The molecule has 1 aliphatic rings. The van der Waals surface area contributed by atoms with Crippen molar-refractivity contribution in [2.24, 2.45) is 4.99 Å². The van der Waals surface area contributed by atoms with Crippen molar-refractivity contribution >= 4 is 27.5 Å². The summed E-state index contributed by atoms with van der Waals surface area (Å²) in [7, 11) is -3.58. The Morgan fingerprint density at radius 1 is 0.944 bits per heavy atom. The molecule has 0 N–H and O–H groups in total. The molecule has 0 bridgehead atoms. The molecule has 0 saturated heterocycles. The fourth-order valence-corrected chi connectivity index (χ4v) is 5.92. The number of benzene rings is 3. The zero-order chi connectivity index (χ0) is 25.9. The van der Waals surface area contributed by atoms with Gasteiger partial charge in [0.2, 0.25) is 10.0 Å². The van der Waals surface area contributed by atoms with Crippen LogP contribution in [-0.2, 0) is 16.6 Å². The molecule has 0 saturated carbocycles. The second kappa shape index (κ2) is 10.8. The molecule has 7 heteroatoms. The van der Waals surface area contributed by atoms with Crippen LogP contribution in [0.1, 0.15) is 67.1 Å². The number of hydrogen-bond donors (Lipinski definition) is 0. The van der Waals surface area contributed by atoms with Gasteiger partial charge in [0.15, 0.2) is 0 Å². The van der Waals surface area contributed by atoms with Crippen molar-refractivity contribution < 1.29 is 13.2 Å². The summed E-state index contributed by atoms with van der Waals surface area (Å²) in [6, 6.07) is 22.4. The van der Waals surface area contributed by atoms with Crippen molar-refractivity contribution in [3.63, 3.8) is 0 Å². The Labute approximate surface area is 214 Å². The summed E-state index contributed by atoms with van der Waals surface area (Å²) < 4.78 is 27.0. The van der Waals surface area contributed by atoms with Gasteiger partial charge in [0.05, 0.1) is 11.4 Å². The van der Waals surface area contributed by atoms with Gasteiger partial charge in [-0.25, -0.2) is 8.42 Å². The molecular formula is C29H33N3O3S. The van der Waals surface area contributed by atoms with Crippen molar-refractivity contribution in [3.8, 4) is 0 Å². The molecule has 0 fully saturated rings. The number of amidine groups is 1. The van der Waals surface area contributed by atoms with Crippen LogP contribution in [0.2, 0.25) is 0 Å². The summed E-state index contributed by atoms with van der Waals surface area (Å²) in [6.45, 7) is 9.41. The van der Waals surface area contributed by atoms with E-state index in [0.29, 0.717) is 37.0 Å². The number of carbonyl (C=O) groups excluding carboxylic acids is 1. The van der Waals surface area contributed by atoms with Crippen LogP contribution < -0.4 is 4.90 Å². The Morgan fingerprint density at radius 2 is 1.58 bits per heavy atom. The molecule has 6 nitrogen and oxygen atoms in total. The van der Waals surface area contributed by atoms with Gasteiger partial charge in [-0.15, -0.1) is 0 Å². The van der Waals surface area contributed by atoms with Crippen molar-refractivity contribution in [2.75, 3.05) is 18.0 Å². The first kappa shape index (κ1) is 25.8. The third kappa shape index (κ3) is 4.99. The van der Waals surface area contributed by atoms with Crippen LogP contribution in [0, 0.1) is 0 Å². The molecule has 36 heavy (non-hydrogen) atoms. The third-order valence-electron chi connectivity index (χ3n) is 6.88. The molecule has 0 spiro atoms. The lowest BCUT2D eigenvalue weighted by atomic mass is 9.98. The molecule has 188 valence electrons. The van der Waals surface area contributed by atoms with E-state index in [2.05, 4.69) is 54.1 Å². The predicted molar refractivity (Wildman–Crippen MR) is 145 cm³/mol. The summed E-state index contributed by atoms with van der Waals surface area (Å²) in [5, 5.41) is 0. The van der Waals surface area contributed by atoms with E-state index < -0.39 is 15.9 Å². The molecule has 1 aliphatic heterocycles. The molecule has 0 aromatic heterocycles. The molecule has 3 aromatic carbocycles. The van der Waals surface area contributed by atoms with E-state index in [1.165, 1.54) is 34.1 Å². The molecule has 1 unspecified atom stereocenters. The van der Waals surface area contributed by atoms with Gasteiger partial charge in [0.1, 0.15) is 5.84 Å². The molecule has 0 radical (unpaired) electrons. The highest BCUT2D eigenvalue weighted by Crippen LogP contribution is 2.31.